The second-order valence-corrected chi connectivity index (χ2v) is 7.13. The topological polar surface area (TPSA) is 89.3 Å². The van der Waals surface area contributed by atoms with E-state index in [0.29, 0.717) is 5.69 Å². The third-order valence-electron chi connectivity index (χ3n) is 3.35. The van der Waals surface area contributed by atoms with Gasteiger partial charge in [0.15, 0.2) is 5.78 Å². The SMILES string of the molecule is CSc1cccc(-n2nc(C(=O)C(C)(C)C)cc(C(=O)O)c2=O)c1. The van der Waals surface area contributed by atoms with Crippen molar-refractivity contribution in [3.05, 3.63) is 51.9 Å². The van der Waals surface area contributed by atoms with Crippen molar-refractivity contribution in [2.75, 3.05) is 6.26 Å². The van der Waals surface area contributed by atoms with E-state index in [4.69, 9.17) is 0 Å². The molecule has 6 nitrogen and oxygen atoms in total. The standard InChI is InChI=1S/C17H18N2O4S/c1-17(2,3)14(20)13-9-12(16(22)23)15(21)19(18-13)10-6-5-7-11(8-10)24-4/h5-9H,1-4H3,(H,22,23). The number of ketones is 1. The number of carbonyl (C=O) groups excluding carboxylic acids is 1. The highest BCUT2D eigenvalue weighted by Gasteiger charge is 2.27. The van der Waals surface area contributed by atoms with E-state index in [-0.39, 0.29) is 11.5 Å². The Kier molecular flexibility index (Phi) is 4.94. The van der Waals surface area contributed by atoms with Gasteiger partial charge in [-0.05, 0) is 30.5 Å². The lowest BCUT2D eigenvalue weighted by Crippen LogP contribution is -2.31. The molecule has 0 saturated heterocycles. The summed E-state index contributed by atoms with van der Waals surface area (Å²) in [7, 11) is 0. The number of nitrogens with zero attached hydrogens (tertiary/aromatic N) is 2. The Bertz CT molecular complexity index is 866. The lowest BCUT2D eigenvalue weighted by Gasteiger charge is -2.17. The summed E-state index contributed by atoms with van der Waals surface area (Å²) in [4.78, 5) is 37.2. The first-order valence-corrected chi connectivity index (χ1v) is 8.44. The molecule has 0 saturated carbocycles. The van der Waals surface area contributed by atoms with E-state index in [0.717, 1.165) is 15.6 Å². The van der Waals surface area contributed by atoms with Crippen molar-refractivity contribution in [1.29, 1.82) is 0 Å². The van der Waals surface area contributed by atoms with Gasteiger partial charge in [-0.15, -0.1) is 11.8 Å². The molecule has 0 aliphatic rings. The van der Waals surface area contributed by atoms with E-state index in [1.54, 1.807) is 39.0 Å². The van der Waals surface area contributed by atoms with Crippen LogP contribution in [0.2, 0.25) is 0 Å². The molecule has 0 unspecified atom stereocenters. The van der Waals surface area contributed by atoms with Gasteiger partial charge >= 0.3 is 5.97 Å². The summed E-state index contributed by atoms with van der Waals surface area (Å²) < 4.78 is 0.974. The zero-order chi connectivity index (χ0) is 18.1. The average molecular weight is 346 g/mol. The third kappa shape index (κ3) is 3.56. The van der Waals surface area contributed by atoms with E-state index in [1.807, 2.05) is 12.3 Å². The van der Waals surface area contributed by atoms with E-state index in [9.17, 15) is 19.5 Å². The molecule has 0 fully saturated rings. The number of Topliss-reactive ketones (excluding diaryl/α,β-unsaturated/α-hetero) is 1. The lowest BCUT2D eigenvalue weighted by molar-refractivity contribution is 0.0694. The molecule has 1 aromatic heterocycles. The maximum absolute atomic E-state index is 12.5. The number of hydrogen-bond donors (Lipinski definition) is 1. The highest BCUT2D eigenvalue weighted by atomic mass is 32.2. The van der Waals surface area contributed by atoms with Crippen LogP contribution in [0.15, 0.2) is 40.0 Å². The zero-order valence-electron chi connectivity index (χ0n) is 13.9. The van der Waals surface area contributed by atoms with Crippen LogP contribution in [0.4, 0.5) is 0 Å². The molecule has 2 aromatic rings. The molecule has 7 heteroatoms. The summed E-state index contributed by atoms with van der Waals surface area (Å²) in [5.41, 5.74) is -1.63. The van der Waals surface area contributed by atoms with Gasteiger partial charge in [-0.3, -0.25) is 9.59 Å². The smallest absolute Gasteiger partial charge is 0.341 e. The first-order valence-electron chi connectivity index (χ1n) is 7.22. The van der Waals surface area contributed by atoms with Gasteiger partial charge in [-0.1, -0.05) is 26.8 Å². The Balaban J connectivity index is 2.75. The number of benzene rings is 1. The normalized spacial score (nSPS) is 11.3. The largest absolute Gasteiger partial charge is 0.477 e. The van der Waals surface area contributed by atoms with Crippen LogP contribution in [-0.4, -0.2) is 32.9 Å². The number of aromatic nitrogens is 2. The van der Waals surface area contributed by atoms with E-state index >= 15 is 0 Å². The number of hydrogen-bond acceptors (Lipinski definition) is 5. The Morgan fingerprint density at radius 2 is 1.88 bits per heavy atom. The summed E-state index contributed by atoms with van der Waals surface area (Å²) >= 11 is 1.48. The highest BCUT2D eigenvalue weighted by Crippen LogP contribution is 2.21. The molecule has 2 rings (SSSR count). The van der Waals surface area contributed by atoms with Crippen molar-refractivity contribution in [1.82, 2.24) is 9.78 Å². The summed E-state index contributed by atoms with van der Waals surface area (Å²) in [5, 5.41) is 13.4. The van der Waals surface area contributed by atoms with Crippen molar-refractivity contribution in [3.63, 3.8) is 0 Å². The highest BCUT2D eigenvalue weighted by molar-refractivity contribution is 7.98. The second kappa shape index (κ2) is 6.60. The number of aromatic carboxylic acids is 1. The lowest BCUT2D eigenvalue weighted by atomic mass is 9.88. The van der Waals surface area contributed by atoms with Crippen LogP contribution in [0.5, 0.6) is 0 Å². The Morgan fingerprint density at radius 3 is 2.42 bits per heavy atom. The van der Waals surface area contributed by atoms with Crippen molar-refractivity contribution in [2.24, 2.45) is 5.41 Å². The summed E-state index contributed by atoms with van der Waals surface area (Å²) in [6, 6.07) is 8.02. The van der Waals surface area contributed by atoms with Crippen LogP contribution in [0.3, 0.4) is 0 Å². The molecule has 0 radical (unpaired) electrons. The maximum Gasteiger partial charge on any atom is 0.341 e. The van der Waals surface area contributed by atoms with Gasteiger partial charge in [0.25, 0.3) is 5.56 Å². The Labute approximate surface area is 143 Å². The molecular weight excluding hydrogens is 328 g/mol. The fraction of sp³-hybridized carbons (Fsp3) is 0.294. The number of rotatable bonds is 4. The van der Waals surface area contributed by atoms with E-state index < -0.39 is 22.5 Å². The molecular formula is C17H18N2O4S. The van der Waals surface area contributed by atoms with Gasteiger partial charge in [-0.25, -0.2) is 4.79 Å². The quantitative estimate of drug-likeness (QED) is 0.676. The second-order valence-electron chi connectivity index (χ2n) is 6.25. The first kappa shape index (κ1) is 17.9. The minimum Gasteiger partial charge on any atom is -0.477 e. The summed E-state index contributed by atoms with van der Waals surface area (Å²) in [6.45, 7) is 5.13. The molecule has 1 aromatic carbocycles. The first-order chi connectivity index (χ1) is 11.1. The number of thioether (sulfide) groups is 1. The van der Waals surface area contributed by atoms with E-state index in [2.05, 4.69) is 5.10 Å². The number of carboxylic acid groups (broad SMARTS) is 1. The van der Waals surface area contributed by atoms with Gasteiger partial charge in [0, 0.05) is 10.3 Å². The van der Waals surface area contributed by atoms with Crippen LogP contribution in [0.1, 0.15) is 41.6 Å². The van der Waals surface area contributed by atoms with Gasteiger partial charge in [-0.2, -0.15) is 9.78 Å². The molecule has 0 atom stereocenters. The maximum atomic E-state index is 12.5. The monoisotopic (exact) mass is 346 g/mol. The fourth-order valence-corrected chi connectivity index (χ4v) is 2.51. The molecule has 0 amide bonds. The van der Waals surface area contributed by atoms with Crippen LogP contribution in [0, 0.1) is 5.41 Å². The zero-order valence-corrected chi connectivity index (χ0v) is 14.7. The predicted octanol–water partition coefficient (Wildman–Crippen LogP) is 2.88. The minimum atomic E-state index is -1.39. The number of carboxylic acids is 1. The van der Waals surface area contributed by atoms with Crippen LogP contribution < -0.4 is 5.56 Å². The van der Waals surface area contributed by atoms with Crippen molar-refractivity contribution in [3.8, 4) is 5.69 Å². The van der Waals surface area contributed by atoms with Crippen LogP contribution in [-0.2, 0) is 0 Å². The Hall–Kier alpha value is -2.41. The van der Waals surface area contributed by atoms with Crippen LogP contribution >= 0.6 is 11.8 Å². The average Bonchev–Trinajstić information content (AvgIpc) is 2.53. The molecule has 0 spiro atoms. The van der Waals surface area contributed by atoms with Gasteiger partial charge in [0.05, 0.1) is 5.69 Å². The Morgan fingerprint density at radius 1 is 1.21 bits per heavy atom. The van der Waals surface area contributed by atoms with Crippen molar-refractivity contribution >= 4 is 23.5 Å². The molecule has 0 aliphatic heterocycles. The third-order valence-corrected chi connectivity index (χ3v) is 4.08. The predicted molar refractivity (Wildman–Crippen MR) is 92.4 cm³/mol. The molecule has 0 bridgehead atoms. The van der Waals surface area contributed by atoms with Crippen molar-refractivity contribution in [2.45, 2.75) is 25.7 Å². The number of carbonyl (C=O) groups is 2. The van der Waals surface area contributed by atoms with Gasteiger partial charge in [0.2, 0.25) is 0 Å². The van der Waals surface area contributed by atoms with Gasteiger partial charge in [0.1, 0.15) is 11.3 Å². The van der Waals surface area contributed by atoms with Crippen molar-refractivity contribution < 1.29 is 14.7 Å². The summed E-state index contributed by atoms with van der Waals surface area (Å²) in [6.07, 6.45) is 1.89. The molecule has 1 heterocycles. The molecule has 126 valence electrons. The van der Waals surface area contributed by atoms with Gasteiger partial charge < -0.3 is 5.11 Å². The molecule has 1 N–H and O–H groups in total. The minimum absolute atomic E-state index is 0.0472. The van der Waals surface area contributed by atoms with E-state index in [1.165, 1.54) is 11.8 Å². The molecule has 24 heavy (non-hydrogen) atoms. The molecule has 0 aliphatic carbocycles. The fourth-order valence-electron chi connectivity index (χ4n) is 2.06. The summed E-state index contributed by atoms with van der Waals surface area (Å²) in [5.74, 6) is -1.72. The van der Waals surface area contributed by atoms with Crippen LogP contribution in [0.25, 0.3) is 5.69 Å².